The minimum Gasteiger partial charge on any atom is -0.494 e. The summed E-state index contributed by atoms with van der Waals surface area (Å²) in [4.78, 5) is 22.5. The molecular weight excluding hydrogens is 336 g/mol. The van der Waals surface area contributed by atoms with Gasteiger partial charge in [0.15, 0.2) is 6.61 Å². The van der Waals surface area contributed by atoms with Gasteiger partial charge >= 0.3 is 0 Å². The number of nitrogens with one attached hydrogen (secondary N) is 1. The molecule has 0 aliphatic rings. The Hall–Kier alpha value is -3.09. The summed E-state index contributed by atoms with van der Waals surface area (Å²) in [5.41, 5.74) is 2.30. The maximum Gasteiger partial charge on any atom is 0.273 e. The first kappa shape index (κ1) is 19.2. The van der Waals surface area contributed by atoms with Gasteiger partial charge in [-0.15, -0.1) is 0 Å². The molecule has 138 valence electrons. The van der Waals surface area contributed by atoms with E-state index in [2.05, 4.69) is 19.2 Å². The highest BCUT2D eigenvalue weighted by molar-refractivity contribution is 5.93. The number of hydrogen-bond donors (Lipinski definition) is 1. The van der Waals surface area contributed by atoms with Gasteiger partial charge in [-0.3, -0.25) is 14.9 Å². The summed E-state index contributed by atoms with van der Waals surface area (Å²) >= 11 is 0. The van der Waals surface area contributed by atoms with E-state index in [0.29, 0.717) is 11.4 Å². The second kappa shape index (κ2) is 8.33. The van der Waals surface area contributed by atoms with Crippen LogP contribution in [0, 0.1) is 17.0 Å². The first-order valence-corrected chi connectivity index (χ1v) is 8.17. The van der Waals surface area contributed by atoms with Crippen molar-refractivity contribution in [2.75, 3.05) is 19.0 Å². The normalized spacial score (nSPS) is 10.5. The zero-order valence-electron chi connectivity index (χ0n) is 15.2. The number of ether oxygens (including phenoxy) is 2. The van der Waals surface area contributed by atoms with Crippen LogP contribution in [0.1, 0.15) is 30.9 Å². The average molecular weight is 358 g/mol. The summed E-state index contributed by atoms with van der Waals surface area (Å²) < 4.78 is 10.8. The van der Waals surface area contributed by atoms with Gasteiger partial charge in [0, 0.05) is 6.07 Å². The number of aryl methyl sites for hydroxylation is 1. The molecule has 2 aromatic rings. The second-order valence-electron chi connectivity index (χ2n) is 6.17. The van der Waals surface area contributed by atoms with Gasteiger partial charge in [0.1, 0.15) is 11.5 Å². The highest BCUT2D eigenvalue weighted by Gasteiger charge is 2.15. The van der Waals surface area contributed by atoms with Crippen LogP contribution in [0.4, 0.5) is 11.4 Å². The Labute approximate surface area is 152 Å². The smallest absolute Gasteiger partial charge is 0.273 e. The van der Waals surface area contributed by atoms with Gasteiger partial charge in [0.05, 0.1) is 23.8 Å². The number of hydrogen-bond acceptors (Lipinski definition) is 5. The third-order valence-corrected chi connectivity index (χ3v) is 3.82. The molecule has 0 heterocycles. The van der Waals surface area contributed by atoms with E-state index in [0.717, 1.165) is 11.1 Å². The SMILES string of the molecule is COc1cc([N+](=O)[O-])ccc1NC(=O)COc1cc(C)ccc1C(C)C. The van der Waals surface area contributed by atoms with Crippen LogP contribution in [0.25, 0.3) is 0 Å². The monoisotopic (exact) mass is 358 g/mol. The van der Waals surface area contributed by atoms with Gasteiger partial charge in [0.2, 0.25) is 0 Å². The van der Waals surface area contributed by atoms with Gasteiger partial charge in [-0.05, 0) is 36.1 Å². The highest BCUT2D eigenvalue weighted by Crippen LogP contribution is 2.30. The fourth-order valence-electron chi connectivity index (χ4n) is 2.47. The quantitative estimate of drug-likeness (QED) is 0.595. The zero-order chi connectivity index (χ0) is 19.3. The topological polar surface area (TPSA) is 90.7 Å². The van der Waals surface area contributed by atoms with E-state index in [1.54, 1.807) is 0 Å². The number of carbonyl (C=O) groups is 1. The molecule has 1 N–H and O–H groups in total. The van der Waals surface area contributed by atoms with Crippen LogP contribution >= 0.6 is 0 Å². The minimum absolute atomic E-state index is 0.113. The van der Waals surface area contributed by atoms with E-state index in [1.807, 2.05) is 25.1 Å². The molecule has 0 aliphatic carbocycles. The molecule has 7 heteroatoms. The molecule has 0 bridgehead atoms. The fraction of sp³-hybridized carbons (Fsp3) is 0.316. The number of nitro benzene ring substituents is 1. The number of carbonyl (C=O) groups excluding carboxylic acids is 1. The standard InChI is InChI=1S/C19H22N2O5/c1-12(2)15-7-5-13(3)9-17(15)26-11-19(22)20-16-8-6-14(21(23)24)10-18(16)25-4/h5-10,12H,11H2,1-4H3,(H,20,22). The van der Waals surface area contributed by atoms with Crippen molar-refractivity contribution >= 4 is 17.3 Å². The van der Waals surface area contributed by atoms with E-state index in [4.69, 9.17) is 9.47 Å². The molecule has 2 aromatic carbocycles. The van der Waals surface area contributed by atoms with Crippen molar-refractivity contribution in [2.45, 2.75) is 26.7 Å². The fourth-order valence-corrected chi connectivity index (χ4v) is 2.47. The zero-order valence-corrected chi connectivity index (χ0v) is 15.2. The van der Waals surface area contributed by atoms with Crippen molar-refractivity contribution in [3.05, 3.63) is 57.6 Å². The van der Waals surface area contributed by atoms with Crippen molar-refractivity contribution in [3.8, 4) is 11.5 Å². The van der Waals surface area contributed by atoms with Crippen LogP contribution in [0.3, 0.4) is 0 Å². The summed E-state index contributed by atoms with van der Waals surface area (Å²) in [6, 6.07) is 9.89. The lowest BCUT2D eigenvalue weighted by Gasteiger charge is -2.15. The third-order valence-electron chi connectivity index (χ3n) is 3.82. The van der Waals surface area contributed by atoms with Crippen LogP contribution in [-0.2, 0) is 4.79 Å². The lowest BCUT2D eigenvalue weighted by Crippen LogP contribution is -2.21. The van der Waals surface area contributed by atoms with E-state index >= 15 is 0 Å². The lowest BCUT2D eigenvalue weighted by atomic mass is 10.0. The van der Waals surface area contributed by atoms with Crippen LogP contribution < -0.4 is 14.8 Å². The van der Waals surface area contributed by atoms with Crippen molar-refractivity contribution in [3.63, 3.8) is 0 Å². The lowest BCUT2D eigenvalue weighted by molar-refractivity contribution is -0.384. The number of anilines is 1. The molecule has 7 nitrogen and oxygen atoms in total. The number of nitro groups is 1. The van der Waals surface area contributed by atoms with Crippen LogP contribution in [0.15, 0.2) is 36.4 Å². The summed E-state index contributed by atoms with van der Waals surface area (Å²) in [6.07, 6.45) is 0. The maximum atomic E-state index is 12.2. The van der Waals surface area contributed by atoms with E-state index < -0.39 is 4.92 Å². The molecule has 0 atom stereocenters. The van der Waals surface area contributed by atoms with Crippen molar-refractivity contribution in [2.24, 2.45) is 0 Å². The highest BCUT2D eigenvalue weighted by atomic mass is 16.6. The van der Waals surface area contributed by atoms with Gasteiger partial charge in [-0.1, -0.05) is 26.0 Å². The number of non-ortho nitro benzene ring substituents is 1. The van der Waals surface area contributed by atoms with Crippen LogP contribution in [0.2, 0.25) is 0 Å². The number of benzene rings is 2. The Kier molecular flexibility index (Phi) is 6.16. The molecule has 0 aliphatic heterocycles. The molecule has 0 aromatic heterocycles. The van der Waals surface area contributed by atoms with E-state index in [9.17, 15) is 14.9 Å². The molecule has 0 unspecified atom stereocenters. The summed E-state index contributed by atoms with van der Waals surface area (Å²) in [7, 11) is 1.38. The van der Waals surface area contributed by atoms with Crippen molar-refractivity contribution in [1.82, 2.24) is 0 Å². The first-order valence-electron chi connectivity index (χ1n) is 8.17. The molecule has 0 radical (unpaired) electrons. The number of amides is 1. The predicted molar refractivity (Wildman–Crippen MR) is 99.0 cm³/mol. The first-order chi connectivity index (χ1) is 12.3. The maximum absolute atomic E-state index is 12.2. The summed E-state index contributed by atoms with van der Waals surface area (Å²) in [5.74, 6) is 0.772. The van der Waals surface area contributed by atoms with Crippen molar-refractivity contribution < 1.29 is 19.2 Å². The number of nitrogens with zero attached hydrogens (tertiary/aromatic N) is 1. The predicted octanol–water partition coefficient (Wildman–Crippen LogP) is 4.05. The molecule has 0 saturated carbocycles. The third kappa shape index (κ3) is 4.72. The summed E-state index contributed by atoms with van der Waals surface area (Å²) in [6.45, 7) is 5.89. The largest absolute Gasteiger partial charge is 0.494 e. The molecule has 0 fully saturated rings. The molecular formula is C19H22N2O5. The average Bonchev–Trinajstić information content (AvgIpc) is 2.59. The van der Waals surface area contributed by atoms with E-state index in [1.165, 1.54) is 25.3 Å². The Bertz CT molecular complexity index is 818. The van der Waals surface area contributed by atoms with Gasteiger partial charge in [0.25, 0.3) is 11.6 Å². The van der Waals surface area contributed by atoms with Crippen molar-refractivity contribution in [1.29, 1.82) is 0 Å². The van der Waals surface area contributed by atoms with Crippen LogP contribution in [-0.4, -0.2) is 24.5 Å². The molecule has 26 heavy (non-hydrogen) atoms. The Morgan fingerprint density at radius 2 is 1.92 bits per heavy atom. The number of rotatable bonds is 7. The Morgan fingerprint density at radius 1 is 1.19 bits per heavy atom. The Morgan fingerprint density at radius 3 is 2.54 bits per heavy atom. The second-order valence-corrected chi connectivity index (χ2v) is 6.17. The van der Waals surface area contributed by atoms with Gasteiger partial charge in [-0.25, -0.2) is 0 Å². The molecule has 0 saturated heterocycles. The van der Waals surface area contributed by atoms with Gasteiger partial charge < -0.3 is 14.8 Å². The van der Waals surface area contributed by atoms with Gasteiger partial charge in [-0.2, -0.15) is 0 Å². The minimum atomic E-state index is -0.525. The molecule has 0 spiro atoms. The Balaban J connectivity index is 2.08. The molecule has 2 rings (SSSR count). The number of methoxy groups -OCH3 is 1. The van der Waals surface area contributed by atoms with E-state index in [-0.39, 0.29) is 29.9 Å². The molecule has 1 amide bonds. The summed E-state index contributed by atoms with van der Waals surface area (Å²) in [5, 5.41) is 13.5. The van der Waals surface area contributed by atoms with Crippen LogP contribution in [0.5, 0.6) is 11.5 Å².